The van der Waals surface area contributed by atoms with Gasteiger partial charge in [0.2, 0.25) is 5.91 Å². The average molecular weight is 234 g/mol. The molecular weight excluding hydrogens is 214 g/mol. The molecule has 0 aromatic heterocycles. The summed E-state index contributed by atoms with van der Waals surface area (Å²) in [7, 11) is 0. The maximum atomic E-state index is 11.8. The quantitative estimate of drug-likeness (QED) is 0.644. The van der Waals surface area contributed by atoms with Crippen molar-refractivity contribution in [1.82, 2.24) is 10.6 Å². The molecule has 1 saturated heterocycles. The lowest BCUT2D eigenvalue weighted by Gasteiger charge is -2.17. The third-order valence-corrected chi connectivity index (χ3v) is 3.29. The topological polar surface area (TPSA) is 67.2 Å². The lowest BCUT2D eigenvalue weighted by atomic mass is 9.98. The number of hydrogen-bond donors (Lipinski definition) is 3. The van der Waals surface area contributed by atoms with Crippen molar-refractivity contribution in [3.63, 3.8) is 0 Å². The summed E-state index contributed by atoms with van der Waals surface area (Å²) >= 11 is 0. The first kappa shape index (κ1) is 12.7. The number of carbonyl (C=O) groups excluding carboxylic acids is 1. The van der Waals surface area contributed by atoms with Crippen LogP contribution in [0.4, 0.5) is 0 Å². The molecule has 2 rings (SSSR count). The number of halogens is 1. The van der Waals surface area contributed by atoms with Crippen LogP contribution in [0.5, 0.6) is 0 Å². The van der Waals surface area contributed by atoms with Gasteiger partial charge in [0, 0.05) is 18.1 Å². The highest BCUT2D eigenvalue weighted by Gasteiger charge is 2.38. The van der Waals surface area contributed by atoms with E-state index in [2.05, 4.69) is 17.6 Å². The van der Waals surface area contributed by atoms with Crippen LogP contribution < -0.4 is 16.4 Å². The highest BCUT2D eigenvalue weighted by atomic mass is 35.5. The van der Waals surface area contributed by atoms with Gasteiger partial charge < -0.3 is 16.4 Å². The summed E-state index contributed by atoms with van der Waals surface area (Å²) in [5.74, 6) is 0.354. The van der Waals surface area contributed by atoms with Crippen LogP contribution in [-0.2, 0) is 4.79 Å². The van der Waals surface area contributed by atoms with E-state index in [-0.39, 0.29) is 36.3 Å². The van der Waals surface area contributed by atoms with Crippen molar-refractivity contribution >= 4 is 18.3 Å². The fraction of sp³-hybridized carbons (Fsp3) is 0.900. The van der Waals surface area contributed by atoms with Crippen molar-refractivity contribution in [2.24, 2.45) is 11.7 Å². The van der Waals surface area contributed by atoms with Gasteiger partial charge in [0.1, 0.15) is 0 Å². The molecule has 0 aromatic carbocycles. The van der Waals surface area contributed by atoms with Crippen LogP contribution in [0.15, 0.2) is 0 Å². The standard InChI is InChI=1S/C10H19N3O.ClH/c1-2-8-6(3-4-12-8)10(14)13-9-5-7(9)11;/h6-9,12H,2-5,11H2,1H3,(H,13,14);1H. The summed E-state index contributed by atoms with van der Waals surface area (Å²) < 4.78 is 0. The number of amides is 1. The van der Waals surface area contributed by atoms with E-state index in [1.54, 1.807) is 0 Å². The van der Waals surface area contributed by atoms with Crippen molar-refractivity contribution in [3.05, 3.63) is 0 Å². The third-order valence-electron chi connectivity index (χ3n) is 3.29. The second-order valence-electron chi connectivity index (χ2n) is 4.38. The van der Waals surface area contributed by atoms with Gasteiger partial charge in [-0.05, 0) is 25.8 Å². The summed E-state index contributed by atoms with van der Waals surface area (Å²) in [4.78, 5) is 11.8. The molecule has 4 atom stereocenters. The first-order valence-corrected chi connectivity index (χ1v) is 5.51. The Hall–Kier alpha value is -0.320. The Morgan fingerprint density at radius 2 is 2.27 bits per heavy atom. The first-order chi connectivity index (χ1) is 6.72. The van der Waals surface area contributed by atoms with Gasteiger partial charge in [0.15, 0.2) is 0 Å². The van der Waals surface area contributed by atoms with Gasteiger partial charge in [-0.3, -0.25) is 4.79 Å². The molecule has 88 valence electrons. The first-order valence-electron chi connectivity index (χ1n) is 5.51. The van der Waals surface area contributed by atoms with Crippen molar-refractivity contribution in [1.29, 1.82) is 0 Å². The van der Waals surface area contributed by atoms with Gasteiger partial charge in [-0.25, -0.2) is 0 Å². The van der Waals surface area contributed by atoms with Crippen molar-refractivity contribution in [2.45, 2.75) is 44.3 Å². The molecule has 2 aliphatic rings. The van der Waals surface area contributed by atoms with Crippen LogP contribution >= 0.6 is 12.4 Å². The largest absolute Gasteiger partial charge is 0.351 e. The molecule has 0 radical (unpaired) electrons. The Labute approximate surface area is 96.8 Å². The minimum absolute atomic E-state index is 0. The molecule has 2 fully saturated rings. The average Bonchev–Trinajstić information content (AvgIpc) is 2.72. The van der Waals surface area contributed by atoms with Crippen LogP contribution in [0.3, 0.4) is 0 Å². The van der Waals surface area contributed by atoms with E-state index in [0.29, 0.717) is 6.04 Å². The van der Waals surface area contributed by atoms with E-state index >= 15 is 0 Å². The van der Waals surface area contributed by atoms with E-state index in [0.717, 1.165) is 25.8 Å². The Kier molecular flexibility index (Phi) is 4.37. The van der Waals surface area contributed by atoms with Crippen LogP contribution in [0, 0.1) is 5.92 Å². The molecule has 1 aliphatic carbocycles. The van der Waals surface area contributed by atoms with Gasteiger partial charge in [-0.2, -0.15) is 0 Å². The molecule has 4 unspecified atom stereocenters. The molecule has 0 spiro atoms. The van der Waals surface area contributed by atoms with E-state index in [4.69, 9.17) is 5.73 Å². The Morgan fingerprint density at radius 1 is 1.60 bits per heavy atom. The summed E-state index contributed by atoms with van der Waals surface area (Å²) in [5, 5.41) is 6.36. The van der Waals surface area contributed by atoms with Gasteiger partial charge in [-0.15, -0.1) is 12.4 Å². The lowest BCUT2D eigenvalue weighted by molar-refractivity contribution is -0.125. The van der Waals surface area contributed by atoms with Crippen LogP contribution in [-0.4, -0.2) is 30.6 Å². The zero-order chi connectivity index (χ0) is 10.1. The zero-order valence-corrected chi connectivity index (χ0v) is 9.85. The number of rotatable bonds is 3. The molecule has 1 heterocycles. The van der Waals surface area contributed by atoms with Gasteiger partial charge in [0.25, 0.3) is 0 Å². The highest BCUT2D eigenvalue weighted by molar-refractivity contribution is 5.85. The van der Waals surface area contributed by atoms with Crippen LogP contribution in [0.2, 0.25) is 0 Å². The molecule has 1 saturated carbocycles. The lowest BCUT2D eigenvalue weighted by Crippen LogP contribution is -2.40. The SMILES string of the molecule is CCC1NCCC1C(=O)NC1CC1N.Cl. The summed E-state index contributed by atoms with van der Waals surface area (Å²) in [6, 6.07) is 0.818. The van der Waals surface area contributed by atoms with Crippen LogP contribution in [0.1, 0.15) is 26.2 Å². The summed E-state index contributed by atoms with van der Waals surface area (Å²) in [6.45, 7) is 3.08. The number of hydrogen-bond acceptors (Lipinski definition) is 3. The highest BCUT2D eigenvalue weighted by Crippen LogP contribution is 2.22. The van der Waals surface area contributed by atoms with E-state index in [1.165, 1.54) is 0 Å². The van der Waals surface area contributed by atoms with Crippen molar-refractivity contribution in [3.8, 4) is 0 Å². The van der Waals surface area contributed by atoms with Gasteiger partial charge in [-0.1, -0.05) is 6.92 Å². The molecule has 0 aromatic rings. The molecule has 4 N–H and O–H groups in total. The predicted molar refractivity (Wildman–Crippen MR) is 62.0 cm³/mol. The summed E-state index contributed by atoms with van der Waals surface area (Å²) in [5.41, 5.74) is 5.65. The van der Waals surface area contributed by atoms with Crippen molar-refractivity contribution in [2.75, 3.05) is 6.54 Å². The monoisotopic (exact) mass is 233 g/mol. The minimum Gasteiger partial charge on any atom is -0.351 e. The molecule has 1 aliphatic heterocycles. The predicted octanol–water partition coefficient (Wildman–Crippen LogP) is 0.0121. The van der Waals surface area contributed by atoms with Gasteiger partial charge >= 0.3 is 0 Å². The zero-order valence-electron chi connectivity index (χ0n) is 9.03. The van der Waals surface area contributed by atoms with Crippen LogP contribution in [0.25, 0.3) is 0 Å². The van der Waals surface area contributed by atoms with Gasteiger partial charge in [0.05, 0.1) is 5.92 Å². The Morgan fingerprint density at radius 3 is 2.80 bits per heavy atom. The second-order valence-corrected chi connectivity index (χ2v) is 4.38. The normalized spacial score (nSPS) is 38.3. The molecule has 15 heavy (non-hydrogen) atoms. The Bertz CT molecular complexity index is 237. The fourth-order valence-corrected chi connectivity index (χ4v) is 2.18. The minimum atomic E-state index is 0. The Balaban J connectivity index is 0.00000112. The third kappa shape index (κ3) is 2.83. The molecular formula is C10H20ClN3O. The maximum absolute atomic E-state index is 11.8. The number of nitrogens with one attached hydrogen (secondary N) is 2. The van der Waals surface area contributed by atoms with E-state index in [1.807, 2.05) is 0 Å². The maximum Gasteiger partial charge on any atom is 0.225 e. The molecule has 0 bridgehead atoms. The summed E-state index contributed by atoms with van der Waals surface area (Å²) in [6.07, 6.45) is 2.93. The fourth-order valence-electron chi connectivity index (χ4n) is 2.18. The second kappa shape index (κ2) is 5.14. The number of carbonyl (C=O) groups is 1. The molecule has 1 amide bonds. The smallest absolute Gasteiger partial charge is 0.225 e. The van der Waals surface area contributed by atoms with E-state index < -0.39 is 0 Å². The van der Waals surface area contributed by atoms with Crippen molar-refractivity contribution < 1.29 is 4.79 Å². The van der Waals surface area contributed by atoms with E-state index in [9.17, 15) is 4.79 Å². The molecule has 4 nitrogen and oxygen atoms in total. The number of nitrogens with two attached hydrogens (primary N) is 1. The molecule has 5 heteroatoms.